The van der Waals surface area contributed by atoms with E-state index >= 15 is 0 Å². The number of furan rings is 1. The fraction of sp³-hybridized carbons (Fsp3) is 0.381. The average Bonchev–Trinajstić information content (AvgIpc) is 3.28. The first kappa shape index (κ1) is 17.2. The minimum atomic E-state index is -0.0526. The highest BCUT2D eigenvalue weighted by molar-refractivity contribution is 6.17. The Labute approximate surface area is 162 Å². The predicted molar refractivity (Wildman–Crippen MR) is 106 cm³/mol. The van der Waals surface area contributed by atoms with Crippen molar-refractivity contribution in [2.75, 3.05) is 42.6 Å². The summed E-state index contributed by atoms with van der Waals surface area (Å²) in [5.74, 6) is 1.92. The second kappa shape index (κ2) is 6.60. The highest BCUT2D eigenvalue weighted by Crippen LogP contribution is 2.36. The van der Waals surface area contributed by atoms with Crippen molar-refractivity contribution in [3.63, 3.8) is 0 Å². The Kier molecular flexibility index (Phi) is 4.05. The fourth-order valence-electron chi connectivity index (χ4n) is 4.14. The van der Waals surface area contributed by atoms with E-state index in [-0.39, 0.29) is 5.91 Å². The summed E-state index contributed by atoms with van der Waals surface area (Å²) in [6.45, 7) is 7.10. The maximum atomic E-state index is 13.6. The molecule has 144 valence electrons. The largest absolute Gasteiger partial charge is 0.442 e. The van der Waals surface area contributed by atoms with E-state index in [1.54, 1.807) is 0 Å². The van der Waals surface area contributed by atoms with Crippen molar-refractivity contribution in [2.24, 2.45) is 0 Å². The van der Waals surface area contributed by atoms with Gasteiger partial charge < -0.3 is 19.0 Å². The summed E-state index contributed by atoms with van der Waals surface area (Å²) in [7, 11) is 0. The van der Waals surface area contributed by atoms with Crippen molar-refractivity contribution in [3.05, 3.63) is 47.0 Å². The predicted octanol–water partition coefficient (Wildman–Crippen LogP) is 2.88. The van der Waals surface area contributed by atoms with Crippen molar-refractivity contribution in [3.8, 4) is 0 Å². The maximum Gasteiger partial charge on any atom is 0.262 e. The molecule has 2 aromatic heterocycles. The van der Waals surface area contributed by atoms with E-state index in [9.17, 15) is 4.79 Å². The van der Waals surface area contributed by atoms with Gasteiger partial charge in [-0.3, -0.25) is 4.79 Å². The molecule has 3 aromatic rings. The van der Waals surface area contributed by atoms with Crippen LogP contribution in [0.5, 0.6) is 0 Å². The molecular formula is C21H22N4O3. The molecule has 7 heteroatoms. The van der Waals surface area contributed by atoms with Gasteiger partial charge in [-0.1, -0.05) is 18.2 Å². The second-order valence-corrected chi connectivity index (χ2v) is 7.24. The first-order valence-corrected chi connectivity index (χ1v) is 9.63. The summed E-state index contributed by atoms with van der Waals surface area (Å²) in [6, 6.07) is 8.06. The summed E-state index contributed by atoms with van der Waals surface area (Å²) >= 11 is 0. The number of carbonyl (C=O) groups is 1. The highest BCUT2D eigenvalue weighted by atomic mass is 16.5. The number of carbonyl (C=O) groups excluding carboxylic acids is 1. The summed E-state index contributed by atoms with van der Waals surface area (Å²) in [5, 5.41) is 0.708. The van der Waals surface area contributed by atoms with Crippen LogP contribution in [0.1, 0.15) is 27.5 Å². The standard InChI is InChI=1S/C21H22N4O3/c1-13-17(21(26)25-8-7-15-5-3-4-6-16(15)25)18-19(24-9-11-27-12-10-24)22-14(2)23-20(18)28-13/h3-6H,7-12H2,1-2H3. The van der Waals surface area contributed by atoms with E-state index in [2.05, 4.69) is 20.9 Å². The van der Waals surface area contributed by atoms with E-state index in [1.165, 1.54) is 5.56 Å². The van der Waals surface area contributed by atoms with Crippen molar-refractivity contribution >= 4 is 28.5 Å². The Morgan fingerprint density at radius 3 is 2.68 bits per heavy atom. The summed E-state index contributed by atoms with van der Waals surface area (Å²) in [5.41, 5.74) is 3.21. The lowest BCUT2D eigenvalue weighted by atomic mass is 10.1. The van der Waals surface area contributed by atoms with Crippen LogP contribution < -0.4 is 9.80 Å². The van der Waals surface area contributed by atoms with Crippen LogP contribution in [-0.4, -0.2) is 48.7 Å². The minimum absolute atomic E-state index is 0.0526. The number of rotatable bonds is 2. The Morgan fingerprint density at radius 2 is 1.86 bits per heavy atom. The number of amides is 1. The Balaban J connectivity index is 1.65. The lowest BCUT2D eigenvalue weighted by Gasteiger charge is -2.28. The molecule has 7 nitrogen and oxygen atoms in total. The van der Waals surface area contributed by atoms with Gasteiger partial charge in [0.2, 0.25) is 5.71 Å². The first-order chi connectivity index (χ1) is 13.6. The summed E-state index contributed by atoms with van der Waals surface area (Å²) in [4.78, 5) is 26.7. The molecule has 0 aliphatic carbocycles. The lowest BCUT2D eigenvalue weighted by molar-refractivity contribution is 0.0989. The molecule has 1 aromatic carbocycles. The van der Waals surface area contributed by atoms with Gasteiger partial charge in [0.1, 0.15) is 17.4 Å². The van der Waals surface area contributed by atoms with E-state index in [1.807, 2.05) is 36.9 Å². The SMILES string of the molecule is Cc1nc(N2CCOCC2)c2c(C(=O)N3CCc4ccccc43)c(C)oc2n1. The molecule has 4 heterocycles. The highest BCUT2D eigenvalue weighted by Gasteiger charge is 2.32. The summed E-state index contributed by atoms with van der Waals surface area (Å²) in [6.07, 6.45) is 0.864. The quantitative estimate of drug-likeness (QED) is 0.683. The molecule has 0 bridgehead atoms. The van der Waals surface area contributed by atoms with Crippen molar-refractivity contribution < 1.29 is 13.9 Å². The number of hydrogen-bond acceptors (Lipinski definition) is 6. The molecule has 2 aliphatic rings. The van der Waals surface area contributed by atoms with Crippen LogP contribution in [0, 0.1) is 13.8 Å². The van der Waals surface area contributed by atoms with E-state index in [4.69, 9.17) is 9.15 Å². The van der Waals surface area contributed by atoms with Gasteiger partial charge in [-0.05, 0) is 31.9 Å². The molecule has 0 radical (unpaired) electrons. The number of morpholine rings is 1. The van der Waals surface area contributed by atoms with Gasteiger partial charge in [-0.25, -0.2) is 4.98 Å². The Hall–Kier alpha value is -2.93. The molecular weight excluding hydrogens is 356 g/mol. The van der Waals surface area contributed by atoms with Gasteiger partial charge >= 0.3 is 0 Å². The number of anilines is 2. The van der Waals surface area contributed by atoms with Gasteiger partial charge in [0.25, 0.3) is 5.91 Å². The Morgan fingerprint density at radius 1 is 1.07 bits per heavy atom. The molecule has 0 spiro atoms. The Bertz CT molecular complexity index is 1070. The fourth-order valence-corrected chi connectivity index (χ4v) is 4.14. The summed E-state index contributed by atoms with van der Waals surface area (Å²) < 4.78 is 11.4. The van der Waals surface area contributed by atoms with Crippen molar-refractivity contribution in [1.29, 1.82) is 0 Å². The molecule has 1 amide bonds. The van der Waals surface area contributed by atoms with E-state index in [0.29, 0.717) is 48.0 Å². The van der Waals surface area contributed by atoms with Gasteiger partial charge in [0.15, 0.2) is 0 Å². The van der Waals surface area contributed by atoms with Crippen LogP contribution >= 0.6 is 0 Å². The van der Waals surface area contributed by atoms with Crippen LogP contribution in [0.2, 0.25) is 0 Å². The molecule has 0 N–H and O–H groups in total. The number of nitrogens with zero attached hydrogens (tertiary/aromatic N) is 4. The minimum Gasteiger partial charge on any atom is -0.442 e. The van der Waals surface area contributed by atoms with Crippen LogP contribution in [0.3, 0.4) is 0 Å². The normalized spacial score (nSPS) is 16.6. The number of benzene rings is 1. The topological polar surface area (TPSA) is 71.7 Å². The molecule has 0 atom stereocenters. The molecule has 1 fully saturated rings. The zero-order valence-electron chi connectivity index (χ0n) is 16.1. The lowest BCUT2D eigenvalue weighted by Crippen LogP contribution is -2.37. The molecule has 1 saturated heterocycles. The monoisotopic (exact) mass is 378 g/mol. The van der Waals surface area contributed by atoms with Crippen LogP contribution in [0.4, 0.5) is 11.5 Å². The van der Waals surface area contributed by atoms with Gasteiger partial charge in [-0.15, -0.1) is 0 Å². The van der Waals surface area contributed by atoms with Crippen LogP contribution in [-0.2, 0) is 11.2 Å². The van der Waals surface area contributed by atoms with Crippen LogP contribution in [0.15, 0.2) is 28.7 Å². The molecule has 28 heavy (non-hydrogen) atoms. The zero-order chi connectivity index (χ0) is 19.3. The van der Waals surface area contributed by atoms with E-state index < -0.39 is 0 Å². The number of aromatic nitrogens is 2. The third-order valence-corrected chi connectivity index (χ3v) is 5.48. The van der Waals surface area contributed by atoms with Crippen molar-refractivity contribution in [2.45, 2.75) is 20.3 Å². The molecule has 0 saturated carbocycles. The van der Waals surface area contributed by atoms with E-state index in [0.717, 1.165) is 31.0 Å². The molecule has 5 rings (SSSR count). The average molecular weight is 378 g/mol. The number of para-hydroxylation sites is 1. The second-order valence-electron chi connectivity index (χ2n) is 7.24. The number of hydrogen-bond donors (Lipinski definition) is 0. The number of aryl methyl sites for hydroxylation is 2. The third-order valence-electron chi connectivity index (χ3n) is 5.48. The third kappa shape index (κ3) is 2.65. The molecule has 2 aliphatic heterocycles. The van der Waals surface area contributed by atoms with Gasteiger partial charge in [-0.2, -0.15) is 4.98 Å². The first-order valence-electron chi connectivity index (χ1n) is 9.63. The van der Waals surface area contributed by atoms with Gasteiger partial charge in [0, 0.05) is 25.3 Å². The number of ether oxygens (including phenoxy) is 1. The smallest absolute Gasteiger partial charge is 0.262 e. The number of fused-ring (bicyclic) bond motifs is 2. The van der Waals surface area contributed by atoms with Crippen molar-refractivity contribution in [1.82, 2.24) is 9.97 Å². The van der Waals surface area contributed by atoms with Crippen LogP contribution in [0.25, 0.3) is 11.1 Å². The maximum absolute atomic E-state index is 13.6. The zero-order valence-corrected chi connectivity index (χ0v) is 16.1. The molecule has 0 unspecified atom stereocenters. The van der Waals surface area contributed by atoms with Gasteiger partial charge in [0.05, 0.1) is 24.2 Å².